The van der Waals surface area contributed by atoms with E-state index in [1.807, 2.05) is 6.07 Å². The minimum Gasteiger partial charge on any atom is -0.493 e. The molecule has 1 amide bonds. The summed E-state index contributed by atoms with van der Waals surface area (Å²) in [5.41, 5.74) is 7.34. The Balaban J connectivity index is 1.85. The number of aromatic nitrogens is 2. The van der Waals surface area contributed by atoms with Gasteiger partial charge in [-0.25, -0.2) is 9.97 Å². The van der Waals surface area contributed by atoms with E-state index in [0.717, 1.165) is 5.56 Å². The smallest absolute Gasteiger partial charge is 0.270 e. The van der Waals surface area contributed by atoms with Gasteiger partial charge in [0.15, 0.2) is 23.1 Å². The van der Waals surface area contributed by atoms with Crippen LogP contribution in [-0.4, -0.2) is 53.9 Å². The van der Waals surface area contributed by atoms with Crippen molar-refractivity contribution in [3.05, 3.63) is 42.0 Å². The number of carbonyl (C=O) groups excluding carboxylic acids is 2. The third-order valence-corrected chi connectivity index (χ3v) is 4.20. The molecular formula is C19H20N4O4. The SMILES string of the molecule is COc1ccc(-c2ccnc(C=C(N)C(=O)N3CCC(=O)C3)n2)cc1OC. The van der Waals surface area contributed by atoms with E-state index in [4.69, 9.17) is 15.2 Å². The molecule has 8 heteroatoms. The zero-order valence-corrected chi connectivity index (χ0v) is 15.1. The van der Waals surface area contributed by atoms with E-state index in [9.17, 15) is 9.59 Å². The number of likely N-dealkylation sites (tertiary alicyclic amines) is 1. The minimum absolute atomic E-state index is 0.00541. The Morgan fingerprint density at radius 3 is 2.67 bits per heavy atom. The molecule has 0 saturated carbocycles. The molecule has 3 rings (SSSR count). The number of nitrogens with zero attached hydrogens (tertiary/aromatic N) is 3. The number of benzene rings is 1. The van der Waals surface area contributed by atoms with E-state index >= 15 is 0 Å². The van der Waals surface area contributed by atoms with Gasteiger partial charge < -0.3 is 20.1 Å². The third kappa shape index (κ3) is 4.05. The molecule has 2 N–H and O–H groups in total. The molecule has 0 radical (unpaired) electrons. The van der Waals surface area contributed by atoms with E-state index in [-0.39, 0.29) is 23.9 Å². The lowest BCUT2D eigenvalue weighted by Gasteiger charge is -2.14. The van der Waals surface area contributed by atoms with E-state index in [2.05, 4.69) is 9.97 Å². The van der Waals surface area contributed by atoms with E-state index < -0.39 is 0 Å². The highest BCUT2D eigenvalue weighted by molar-refractivity contribution is 6.00. The van der Waals surface area contributed by atoms with Gasteiger partial charge in [0.2, 0.25) is 0 Å². The summed E-state index contributed by atoms with van der Waals surface area (Å²) in [6.45, 7) is 0.485. The van der Waals surface area contributed by atoms with Gasteiger partial charge >= 0.3 is 0 Å². The fourth-order valence-electron chi connectivity index (χ4n) is 2.79. The first-order chi connectivity index (χ1) is 13.0. The quantitative estimate of drug-likeness (QED) is 0.792. The van der Waals surface area contributed by atoms with Gasteiger partial charge in [-0.1, -0.05) is 0 Å². The van der Waals surface area contributed by atoms with Gasteiger partial charge in [0.1, 0.15) is 5.70 Å². The van der Waals surface area contributed by atoms with Crippen LogP contribution in [0.15, 0.2) is 36.2 Å². The summed E-state index contributed by atoms with van der Waals surface area (Å²) in [4.78, 5) is 33.6. The molecule has 1 fully saturated rings. The Bertz CT molecular complexity index is 910. The number of rotatable bonds is 5. The van der Waals surface area contributed by atoms with Crippen molar-refractivity contribution in [2.45, 2.75) is 6.42 Å². The minimum atomic E-state index is -0.388. The summed E-state index contributed by atoms with van der Waals surface area (Å²) >= 11 is 0. The predicted octanol–water partition coefficient (Wildman–Crippen LogP) is 1.26. The molecule has 1 aromatic heterocycles. The number of nitrogens with two attached hydrogens (primary N) is 1. The average Bonchev–Trinajstić information content (AvgIpc) is 3.13. The molecule has 0 unspecified atom stereocenters. The largest absolute Gasteiger partial charge is 0.493 e. The molecule has 27 heavy (non-hydrogen) atoms. The first kappa shape index (κ1) is 18.4. The maximum absolute atomic E-state index is 12.3. The zero-order valence-electron chi connectivity index (χ0n) is 15.1. The molecule has 0 aliphatic carbocycles. The van der Waals surface area contributed by atoms with Crippen molar-refractivity contribution in [3.8, 4) is 22.8 Å². The lowest BCUT2D eigenvalue weighted by Crippen LogP contribution is -2.32. The highest BCUT2D eigenvalue weighted by Gasteiger charge is 2.25. The number of methoxy groups -OCH3 is 2. The standard InChI is InChI=1S/C19H20N4O4/c1-26-16-4-3-12(9-17(16)27-2)15-5-7-21-18(22-15)10-14(20)19(25)23-8-6-13(24)11-23/h3-5,7,9-10H,6,8,11,20H2,1-2H3. The monoisotopic (exact) mass is 368 g/mol. The van der Waals surface area contributed by atoms with Crippen molar-refractivity contribution in [1.82, 2.24) is 14.9 Å². The van der Waals surface area contributed by atoms with Crippen molar-refractivity contribution in [2.24, 2.45) is 5.73 Å². The first-order valence-electron chi connectivity index (χ1n) is 8.35. The maximum Gasteiger partial charge on any atom is 0.270 e. The van der Waals surface area contributed by atoms with Gasteiger partial charge in [0, 0.05) is 30.8 Å². The fourth-order valence-corrected chi connectivity index (χ4v) is 2.79. The van der Waals surface area contributed by atoms with Gasteiger partial charge in [-0.05, 0) is 24.3 Å². The predicted molar refractivity (Wildman–Crippen MR) is 98.9 cm³/mol. The van der Waals surface area contributed by atoms with Crippen molar-refractivity contribution < 1.29 is 19.1 Å². The Hall–Kier alpha value is -3.42. The molecule has 1 aromatic carbocycles. The molecule has 1 aliphatic heterocycles. The Labute approximate surface area is 156 Å². The number of Topliss-reactive ketones (excluding diaryl/α,β-unsaturated/α-hetero) is 1. The summed E-state index contributed by atoms with van der Waals surface area (Å²) in [7, 11) is 3.13. The normalized spacial score (nSPS) is 14.4. The number of amides is 1. The lowest BCUT2D eigenvalue weighted by molar-refractivity contribution is -0.128. The van der Waals surface area contributed by atoms with Gasteiger partial charge in [-0.15, -0.1) is 0 Å². The topological polar surface area (TPSA) is 108 Å². The molecule has 2 aromatic rings. The van der Waals surface area contributed by atoms with Crippen LogP contribution in [0.25, 0.3) is 17.3 Å². The second kappa shape index (κ2) is 7.86. The van der Waals surface area contributed by atoms with E-state index in [1.165, 1.54) is 11.0 Å². The molecule has 140 valence electrons. The Kier molecular flexibility index (Phi) is 5.35. The van der Waals surface area contributed by atoms with Gasteiger partial charge in [-0.3, -0.25) is 9.59 Å². The molecule has 8 nitrogen and oxygen atoms in total. The number of ketones is 1. The highest BCUT2D eigenvalue weighted by Crippen LogP contribution is 2.31. The summed E-state index contributed by atoms with van der Waals surface area (Å²) in [6, 6.07) is 7.18. The second-order valence-corrected chi connectivity index (χ2v) is 5.98. The van der Waals surface area contributed by atoms with Crippen LogP contribution >= 0.6 is 0 Å². The number of carbonyl (C=O) groups is 2. The van der Waals surface area contributed by atoms with Crippen molar-refractivity contribution in [3.63, 3.8) is 0 Å². The fraction of sp³-hybridized carbons (Fsp3) is 0.263. The third-order valence-electron chi connectivity index (χ3n) is 4.20. The van der Waals surface area contributed by atoms with Crippen LogP contribution in [0.3, 0.4) is 0 Å². The van der Waals surface area contributed by atoms with Crippen molar-refractivity contribution >= 4 is 17.8 Å². The summed E-state index contributed by atoms with van der Waals surface area (Å²) in [6.07, 6.45) is 3.36. The van der Waals surface area contributed by atoms with Crippen molar-refractivity contribution in [1.29, 1.82) is 0 Å². The van der Waals surface area contributed by atoms with Crippen LogP contribution in [0.2, 0.25) is 0 Å². The van der Waals surface area contributed by atoms with Crippen LogP contribution in [0.5, 0.6) is 11.5 Å². The zero-order chi connectivity index (χ0) is 19.4. The maximum atomic E-state index is 12.3. The molecule has 0 spiro atoms. The van der Waals surface area contributed by atoms with E-state index in [0.29, 0.717) is 36.0 Å². The molecule has 0 atom stereocenters. The van der Waals surface area contributed by atoms with Gasteiger partial charge in [-0.2, -0.15) is 0 Å². The summed E-state index contributed by atoms with van der Waals surface area (Å²) < 4.78 is 10.5. The van der Waals surface area contributed by atoms with Crippen LogP contribution in [-0.2, 0) is 9.59 Å². The number of hydrogen-bond donors (Lipinski definition) is 1. The Morgan fingerprint density at radius 1 is 1.22 bits per heavy atom. The van der Waals surface area contributed by atoms with E-state index in [1.54, 1.807) is 38.6 Å². The van der Waals surface area contributed by atoms with Gasteiger partial charge in [0.05, 0.1) is 26.5 Å². The molecule has 1 saturated heterocycles. The van der Waals surface area contributed by atoms with Crippen LogP contribution in [0, 0.1) is 0 Å². The molecule has 0 bridgehead atoms. The first-order valence-corrected chi connectivity index (χ1v) is 8.35. The summed E-state index contributed by atoms with van der Waals surface area (Å²) in [5.74, 6) is 1.15. The van der Waals surface area contributed by atoms with Crippen LogP contribution in [0.1, 0.15) is 12.2 Å². The number of ether oxygens (including phenoxy) is 2. The number of hydrogen-bond acceptors (Lipinski definition) is 7. The van der Waals surface area contributed by atoms with Crippen LogP contribution < -0.4 is 15.2 Å². The molecule has 2 heterocycles. The Morgan fingerprint density at radius 2 is 2.00 bits per heavy atom. The lowest BCUT2D eigenvalue weighted by atomic mass is 10.1. The van der Waals surface area contributed by atoms with Gasteiger partial charge in [0.25, 0.3) is 5.91 Å². The molecular weight excluding hydrogens is 348 g/mol. The van der Waals surface area contributed by atoms with Crippen LogP contribution in [0.4, 0.5) is 0 Å². The summed E-state index contributed by atoms with van der Waals surface area (Å²) in [5, 5.41) is 0. The second-order valence-electron chi connectivity index (χ2n) is 5.98. The van der Waals surface area contributed by atoms with Crippen molar-refractivity contribution in [2.75, 3.05) is 27.3 Å². The average molecular weight is 368 g/mol. The highest BCUT2D eigenvalue weighted by atomic mass is 16.5. The molecule has 1 aliphatic rings.